The standard InChI is InChI=1S/C10H22N2O2S/c1-4-12-8-6-7-10(12)9-11(3)15(13,14)5-2/h10H,4-9H2,1-3H3. The number of sulfonamides is 1. The van der Waals surface area contributed by atoms with Crippen LogP contribution in [0.25, 0.3) is 0 Å². The van der Waals surface area contributed by atoms with Crippen molar-refractivity contribution in [1.82, 2.24) is 9.21 Å². The van der Waals surface area contributed by atoms with Crippen LogP contribution in [0, 0.1) is 0 Å². The zero-order chi connectivity index (χ0) is 11.5. The molecule has 0 N–H and O–H groups in total. The SMILES string of the molecule is CCN1CCCC1CN(C)S(=O)(=O)CC. The quantitative estimate of drug-likeness (QED) is 0.705. The molecular formula is C10H22N2O2S. The molecule has 0 aromatic rings. The van der Waals surface area contributed by atoms with Gasteiger partial charge in [-0.2, -0.15) is 0 Å². The van der Waals surface area contributed by atoms with Crippen molar-refractivity contribution in [2.45, 2.75) is 32.7 Å². The highest BCUT2D eigenvalue weighted by Gasteiger charge is 2.27. The second kappa shape index (κ2) is 5.27. The first kappa shape index (κ1) is 12.9. The summed E-state index contributed by atoms with van der Waals surface area (Å²) in [5.41, 5.74) is 0. The van der Waals surface area contributed by atoms with Crippen LogP contribution in [0.5, 0.6) is 0 Å². The monoisotopic (exact) mass is 234 g/mol. The molecule has 0 aromatic heterocycles. The van der Waals surface area contributed by atoms with E-state index in [0.29, 0.717) is 12.6 Å². The molecule has 1 fully saturated rings. The van der Waals surface area contributed by atoms with E-state index in [9.17, 15) is 8.42 Å². The molecule has 1 aliphatic rings. The Morgan fingerprint density at radius 3 is 2.60 bits per heavy atom. The minimum absolute atomic E-state index is 0.197. The highest BCUT2D eigenvalue weighted by atomic mass is 32.2. The van der Waals surface area contributed by atoms with E-state index in [1.54, 1.807) is 14.0 Å². The van der Waals surface area contributed by atoms with Crippen LogP contribution < -0.4 is 0 Å². The van der Waals surface area contributed by atoms with Crippen LogP contribution in [-0.4, -0.2) is 56.1 Å². The summed E-state index contributed by atoms with van der Waals surface area (Å²) in [4.78, 5) is 2.36. The van der Waals surface area contributed by atoms with Gasteiger partial charge in [0, 0.05) is 19.6 Å². The molecule has 15 heavy (non-hydrogen) atoms. The van der Waals surface area contributed by atoms with E-state index in [1.807, 2.05) is 0 Å². The Labute approximate surface area is 93.3 Å². The zero-order valence-electron chi connectivity index (χ0n) is 9.94. The fraction of sp³-hybridized carbons (Fsp3) is 1.00. The maximum atomic E-state index is 11.6. The van der Waals surface area contributed by atoms with Crippen LogP contribution in [0.15, 0.2) is 0 Å². The van der Waals surface area contributed by atoms with Crippen molar-refractivity contribution in [1.29, 1.82) is 0 Å². The Kier molecular flexibility index (Phi) is 4.55. The van der Waals surface area contributed by atoms with Crippen LogP contribution in [0.3, 0.4) is 0 Å². The summed E-state index contributed by atoms with van der Waals surface area (Å²) in [6.07, 6.45) is 2.32. The molecule has 90 valence electrons. The Morgan fingerprint density at radius 2 is 2.07 bits per heavy atom. The third-order valence-corrected chi connectivity index (χ3v) is 5.04. The Hall–Kier alpha value is -0.130. The average molecular weight is 234 g/mol. The van der Waals surface area contributed by atoms with Gasteiger partial charge in [0.2, 0.25) is 10.0 Å². The Balaban J connectivity index is 2.54. The molecule has 5 heteroatoms. The van der Waals surface area contributed by atoms with Gasteiger partial charge < -0.3 is 0 Å². The largest absolute Gasteiger partial charge is 0.299 e. The van der Waals surface area contributed by atoms with Gasteiger partial charge in [-0.1, -0.05) is 6.92 Å². The van der Waals surface area contributed by atoms with Gasteiger partial charge >= 0.3 is 0 Å². The van der Waals surface area contributed by atoms with Gasteiger partial charge in [-0.15, -0.1) is 0 Å². The number of likely N-dealkylation sites (tertiary alicyclic amines) is 1. The molecule has 0 aromatic carbocycles. The maximum Gasteiger partial charge on any atom is 0.213 e. The fourth-order valence-corrected chi connectivity index (χ4v) is 2.99. The molecule has 0 saturated carbocycles. The molecular weight excluding hydrogens is 212 g/mol. The molecule has 1 heterocycles. The number of hydrogen-bond donors (Lipinski definition) is 0. The third kappa shape index (κ3) is 3.16. The van der Waals surface area contributed by atoms with Crippen LogP contribution >= 0.6 is 0 Å². The van der Waals surface area contributed by atoms with Crippen LogP contribution in [0.2, 0.25) is 0 Å². The summed E-state index contributed by atoms with van der Waals surface area (Å²) in [6.45, 7) is 6.60. The number of hydrogen-bond acceptors (Lipinski definition) is 3. The second-order valence-corrected chi connectivity index (χ2v) is 6.47. The number of rotatable bonds is 5. The number of likely N-dealkylation sites (N-methyl/N-ethyl adjacent to an activating group) is 2. The molecule has 0 spiro atoms. The normalized spacial score (nSPS) is 23.9. The highest BCUT2D eigenvalue weighted by Crippen LogP contribution is 2.18. The molecule has 1 rings (SSSR count). The lowest BCUT2D eigenvalue weighted by Crippen LogP contribution is -2.41. The predicted octanol–water partition coefficient (Wildman–Crippen LogP) is 0.752. The highest BCUT2D eigenvalue weighted by molar-refractivity contribution is 7.89. The van der Waals surface area contributed by atoms with E-state index >= 15 is 0 Å². The molecule has 0 bridgehead atoms. The molecule has 0 aliphatic carbocycles. The van der Waals surface area contributed by atoms with Crippen molar-refractivity contribution in [3.8, 4) is 0 Å². The van der Waals surface area contributed by atoms with E-state index < -0.39 is 10.0 Å². The molecule has 1 aliphatic heterocycles. The fourth-order valence-electron chi connectivity index (χ4n) is 2.15. The Morgan fingerprint density at radius 1 is 1.40 bits per heavy atom. The van der Waals surface area contributed by atoms with E-state index in [1.165, 1.54) is 10.7 Å². The van der Waals surface area contributed by atoms with Crippen LogP contribution in [-0.2, 0) is 10.0 Å². The average Bonchev–Trinajstić information content (AvgIpc) is 2.65. The summed E-state index contributed by atoms with van der Waals surface area (Å²) in [5.74, 6) is 0.197. The first-order chi connectivity index (χ1) is 7.01. The lowest BCUT2D eigenvalue weighted by molar-refractivity contribution is 0.238. The van der Waals surface area contributed by atoms with Gasteiger partial charge in [0.1, 0.15) is 0 Å². The summed E-state index contributed by atoms with van der Waals surface area (Å²) in [5, 5.41) is 0. The van der Waals surface area contributed by atoms with Gasteiger partial charge in [-0.3, -0.25) is 4.90 Å². The predicted molar refractivity (Wildman–Crippen MR) is 62.4 cm³/mol. The minimum atomic E-state index is -3.01. The molecule has 1 unspecified atom stereocenters. The summed E-state index contributed by atoms with van der Waals surface area (Å²) in [7, 11) is -1.33. The van der Waals surface area contributed by atoms with Crippen molar-refractivity contribution >= 4 is 10.0 Å². The first-order valence-corrected chi connectivity index (χ1v) is 7.30. The van der Waals surface area contributed by atoms with Crippen LogP contribution in [0.4, 0.5) is 0 Å². The molecule has 0 amide bonds. The van der Waals surface area contributed by atoms with E-state index in [4.69, 9.17) is 0 Å². The lowest BCUT2D eigenvalue weighted by atomic mass is 10.2. The van der Waals surface area contributed by atoms with E-state index in [0.717, 1.165) is 19.5 Å². The van der Waals surface area contributed by atoms with Gasteiger partial charge in [0.25, 0.3) is 0 Å². The third-order valence-electron chi connectivity index (χ3n) is 3.21. The Bertz CT molecular complexity index is 290. The van der Waals surface area contributed by atoms with E-state index in [2.05, 4.69) is 11.8 Å². The van der Waals surface area contributed by atoms with Gasteiger partial charge in [0.05, 0.1) is 5.75 Å². The number of nitrogens with zero attached hydrogens (tertiary/aromatic N) is 2. The summed E-state index contributed by atoms with van der Waals surface area (Å²) >= 11 is 0. The summed E-state index contributed by atoms with van der Waals surface area (Å²) < 4.78 is 24.7. The van der Waals surface area contributed by atoms with Gasteiger partial charge in [-0.05, 0) is 32.9 Å². The first-order valence-electron chi connectivity index (χ1n) is 5.69. The molecule has 1 saturated heterocycles. The van der Waals surface area contributed by atoms with Gasteiger partial charge in [0.15, 0.2) is 0 Å². The van der Waals surface area contributed by atoms with E-state index in [-0.39, 0.29) is 5.75 Å². The molecule has 4 nitrogen and oxygen atoms in total. The molecule has 0 radical (unpaired) electrons. The zero-order valence-corrected chi connectivity index (χ0v) is 10.8. The van der Waals surface area contributed by atoms with Crippen molar-refractivity contribution in [2.24, 2.45) is 0 Å². The summed E-state index contributed by atoms with van der Waals surface area (Å²) in [6, 6.07) is 0.418. The minimum Gasteiger partial charge on any atom is -0.299 e. The smallest absolute Gasteiger partial charge is 0.213 e. The van der Waals surface area contributed by atoms with Crippen molar-refractivity contribution in [3.63, 3.8) is 0 Å². The van der Waals surface area contributed by atoms with Crippen molar-refractivity contribution in [2.75, 3.05) is 32.4 Å². The molecule has 1 atom stereocenters. The second-order valence-electron chi connectivity index (χ2n) is 4.11. The van der Waals surface area contributed by atoms with Crippen molar-refractivity contribution < 1.29 is 8.42 Å². The van der Waals surface area contributed by atoms with Crippen molar-refractivity contribution in [3.05, 3.63) is 0 Å². The van der Waals surface area contributed by atoms with Gasteiger partial charge in [-0.25, -0.2) is 12.7 Å². The topological polar surface area (TPSA) is 40.6 Å². The maximum absolute atomic E-state index is 11.6. The van der Waals surface area contributed by atoms with Crippen LogP contribution in [0.1, 0.15) is 26.7 Å². The lowest BCUT2D eigenvalue weighted by Gasteiger charge is -2.27.